The number of carbonyl (C=O) groups is 1. The summed E-state index contributed by atoms with van der Waals surface area (Å²) < 4.78 is 23.6. The van der Waals surface area contributed by atoms with Crippen molar-refractivity contribution in [1.82, 2.24) is 5.32 Å². The molecule has 8 nitrogen and oxygen atoms in total. The van der Waals surface area contributed by atoms with Crippen LogP contribution in [0.2, 0.25) is 0 Å². The largest absolute Gasteiger partial charge is 0.472 e. The van der Waals surface area contributed by atoms with Gasteiger partial charge in [-0.15, -0.1) is 0 Å². The third-order valence-corrected chi connectivity index (χ3v) is 10.0. The van der Waals surface area contributed by atoms with Gasteiger partial charge >= 0.3 is 7.82 Å². The van der Waals surface area contributed by atoms with Crippen LogP contribution in [0.15, 0.2) is 60.8 Å². The minimum Gasteiger partial charge on any atom is -0.391 e. The van der Waals surface area contributed by atoms with Gasteiger partial charge in [0.25, 0.3) is 0 Å². The van der Waals surface area contributed by atoms with Crippen molar-refractivity contribution in [3.05, 3.63) is 60.8 Å². The van der Waals surface area contributed by atoms with Crippen LogP contribution in [0.4, 0.5) is 0 Å². The molecule has 0 spiro atoms. The zero-order chi connectivity index (χ0) is 39.3. The maximum atomic E-state index is 12.8. The Morgan fingerprint density at radius 2 is 1.13 bits per heavy atom. The molecule has 0 heterocycles. The van der Waals surface area contributed by atoms with Crippen LogP contribution in [0.25, 0.3) is 0 Å². The van der Waals surface area contributed by atoms with E-state index in [1.165, 1.54) is 57.8 Å². The van der Waals surface area contributed by atoms with Gasteiger partial charge in [-0.2, -0.15) is 0 Å². The Morgan fingerprint density at radius 3 is 1.64 bits per heavy atom. The number of phosphoric ester groups is 1. The lowest BCUT2D eigenvalue weighted by atomic mass is 10.0. The summed E-state index contributed by atoms with van der Waals surface area (Å²) in [5, 5.41) is 13.9. The maximum absolute atomic E-state index is 12.8. The van der Waals surface area contributed by atoms with E-state index in [9.17, 15) is 19.4 Å². The summed E-state index contributed by atoms with van der Waals surface area (Å²) in [6.07, 6.45) is 45.3. The minimum atomic E-state index is -4.32. The first-order valence-electron chi connectivity index (χ1n) is 21.2. The van der Waals surface area contributed by atoms with Crippen LogP contribution in [0.3, 0.4) is 0 Å². The van der Waals surface area contributed by atoms with E-state index in [0.29, 0.717) is 23.9 Å². The van der Waals surface area contributed by atoms with Gasteiger partial charge < -0.3 is 19.8 Å². The minimum absolute atomic E-state index is 0.0648. The van der Waals surface area contributed by atoms with Gasteiger partial charge in [0.05, 0.1) is 39.9 Å². The lowest BCUT2D eigenvalue weighted by molar-refractivity contribution is -0.870. The van der Waals surface area contributed by atoms with Crippen molar-refractivity contribution in [2.24, 2.45) is 0 Å². The van der Waals surface area contributed by atoms with Gasteiger partial charge in [-0.1, -0.05) is 158 Å². The topological polar surface area (TPSA) is 105 Å². The standard InChI is InChI=1S/C44H81N2O6P/c1-6-8-10-12-14-16-18-20-21-22-23-24-25-26-28-30-32-34-36-38-44(48)45-42(41-52-53(49,50)51-40-39-46(3,4)5)43(47)37-35-33-31-29-27-19-17-15-13-11-9-7-2/h8,10,14,16,20-21,23-24,26,28,42-43,47H,6-7,9,11-13,15,17-19,22,25,27,29-41H2,1-5H3,(H-,45,48,49,50)/p+1/b10-8-,16-14-,21-20-,24-23-,28-26-. The van der Waals surface area contributed by atoms with Gasteiger partial charge in [0.15, 0.2) is 0 Å². The SMILES string of the molecule is CC/C=C\C/C=C\C/C=C\C/C=C\C/C=C\CCCCCC(=O)NC(COP(=O)(O)OCC[N+](C)(C)C)C(O)CCCCCCCCCCCCCC. The summed E-state index contributed by atoms with van der Waals surface area (Å²) >= 11 is 0. The summed E-state index contributed by atoms with van der Waals surface area (Å²) in [4.78, 5) is 23.1. The number of nitrogens with zero attached hydrogens (tertiary/aromatic N) is 1. The van der Waals surface area contributed by atoms with Crippen LogP contribution in [0.1, 0.15) is 162 Å². The van der Waals surface area contributed by atoms with E-state index < -0.39 is 20.0 Å². The van der Waals surface area contributed by atoms with Crippen molar-refractivity contribution in [2.75, 3.05) is 40.9 Å². The van der Waals surface area contributed by atoms with Crippen LogP contribution >= 0.6 is 7.82 Å². The van der Waals surface area contributed by atoms with Crippen LogP contribution < -0.4 is 5.32 Å². The quantitative estimate of drug-likeness (QED) is 0.0252. The molecule has 53 heavy (non-hydrogen) atoms. The third-order valence-electron chi connectivity index (χ3n) is 9.03. The number of rotatable bonds is 37. The molecule has 3 N–H and O–H groups in total. The molecule has 1 amide bonds. The van der Waals surface area contributed by atoms with E-state index >= 15 is 0 Å². The van der Waals surface area contributed by atoms with Crippen molar-refractivity contribution in [1.29, 1.82) is 0 Å². The van der Waals surface area contributed by atoms with Gasteiger partial charge in [-0.3, -0.25) is 13.8 Å². The zero-order valence-corrected chi connectivity index (χ0v) is 35.6. The first-order valence-corrected chi connectivity index (χ1v) is 22.6. The van der Waals surface area contributed by atoms with Crippen molar-refractivity contribution in [3.8, 4) is 0 Å². The van der Waals surface area contributed by atoms with Gasteiger partial charge in [0.1, 0.15) is 13.2 Å². The van der Waals surface area contributed by atoms with Gasteiger partial charge in [-0.05, 0) is 57.8 Å². The number of unbranched alkanes of at least 4 members (excludes halogenated alkanes) is 14. The molecule has 0 fully saturated rings. The fourth-order valence-corrected chi connectivity index (χ4v) is 6.39. The number of phosphoric acid groups is 1. The molecule has 0 aliphatic rings. The van der Waals surface area contributed by atoms with E-state index in [1.54, 1.807) is 0 Å². The van der Waals surface area contributed by atoms with Crippen LogP contribution in [-0.2, 0) is 18.4 Å². The molecular formula is C44H82N2O6P+. The van der Waals surface area contributed by atoms with Crippen LogP contribution in [-0.4, -0.2) is 73.4 Å². The molecule has 0 rings (SSSR count). The Hall–Kier alpha value is -1.80. The Labute approximate surface area is 326 Å². The zero-order valence-electron chi connectivity index (χ0n) is 34.7. The molecule has 308 valence electrons. The molecule has 0 aliphatic heterocycles. The lowest BCUT2D eigenvalue weighted by Crippen LogP contribution is -2.46. The Bertz CT molecular complexity index is 1050. The molecule has 0 bridgehead atoms. The van der Waals surface area contributed by atoms with Crippen molar-refractivity contribution in [3.63, 3.8) is 0 Å². The average molecular weight is 766 g/mol. The maximum Gasteiger partial charge on any atom is 0.472 e. The molecule has 0 aromatic rings. The molecule has 0 aromatic heterocycles. The van der Waals surface area contributed by atoms with E-state index in [2.05, 4.69) is 79.9 Å². The number of amides is 1. The highest BCUT2D eigenvalue weighted by Gasteiger charge is 2.28. The second-order valence-electron chi connectivity index (χ2n) is 15.3. The number of likely N-dealkylation sites (N-methyl/N-ethyl adjacent to an activating group) is 1. The first-order chi connectivity index (χ1) is 25.5. The van der Waals surface area contributed by atoms with Gasteiger partial charge in [-0.25, -0.2) is 4.57 Å². The highest BCUT2D eigenvalue weighted by molar-refractivity contribution is 7.47. The van der Waals surface area contributed by atoms with E-state index in [0.717, 1.165) is 77.0 Å². The predicted octanol–water partition coefficient (Wildman–Crippen LogP) is 11.5. The van der Waals surface area contributed by atoms with Crippen LogP contribution in [0, 0.1) is 0 Å². The normalized spacial score (nSPS) is 15.1. The smallest absolute Gasteiger partial charge is 0.391 e. The lowest BCUT2D eigenvalue weighted by Gasteiger charge is -2.26. The molecule has 3 atom stereocenters. The number of hydrogen-bond acceptors (Lipinski definition) is 5. The molecule has 3 unspecified atom stereocenters. The monoisotopic (exact) mass is 766 g/mol. The van der Waals surface area contributed by atoms with E-state index in [-0.39, 0.29) is 19.1 Å². The molecular weight excluding hydrogens is 683 g/mol. The first kappa shape index (κ1) is 51.2. The van der Waals surface area contributed by atoms with E-state index in [4.69, 9.17) is 9.05 Å². The third kappa shape index (κ3) is 38.3. The number of hydrogen-bond donors (Lipinski definition) is 3. The second kappa shape index (κ2) is 35.9. The second-order valence-corrected chi connectivity index (χ2v) is 16.8. The molecule has 0 saturated heterocycles. The summed E-state index contributed by atoms with van der Waals surface area (Å²) in [7, 11) is 1.58. The fraction of sp³-hybridized carbons (Fsp3) is 0.750. The average Bonchev–Trinajstić information content (AvgIpc) is 3.10. The number of aliphatic hydroxyl groups excluding tert-OH is 1. The van der Waals surface area contributed by atoms with Crippen LogP contribution in [0.5, 0.6) is 0 Å². The molecule has 0 radical (unpaired) electrons. The summed E-state index contributed by atoms with van der Waals surface area (Å²) in [6.45, 7) is 4.72. The number of carbonyl (C=O) groups excluding carboxylic acids is 1. The van der Waals surface area contributed by atoms with Gasteiger partial charge in [0.2, 0.25) is 5.91 Å². The van der Waals surface area contributed by atoms with Crippen molar-refractivity contribution in [2.45, 2.75) is 174 Å². The summed E-state index contributed by atoms with van der Waals surface area (Å²) in [5.74, 6) is -0.180. The molecule has 0 aliphatic carbocycles. The number of allylic oxidation sites excluding steroid dienone is 10. The highest BCUT2D eigenvalue weighted by Crippen LogP contribution is 2.43. The number of aliphatic hydroxyl groups is 1. The summed E-state index contributed by atoms with van der Waals surface area (Å²) in [6, 6.07) is -0.779. The number of nitrogens with one attached hydrogen (secondary N) is 1. The Balaban J connectivity index is 4.47. The Kier molecular flexibility index (Phi) is 34.7. The van der Waals surface area contributed by atoms with E-state index in [1.807, 2.05) is 21.1 Å². The predicted molar refractivity (Wildman–Crippen MR) is 226 cm³/mol. The van der Waals surface area contributed by atoms with Gasteiger partial charge in [0, 0.05) is 6.42 Å². The fourth-order valence-electron chi connectivity index (χ4n) is 5.66. The molecule has 0 aromatic carbocycles. The summed E-state index contributed by atoms with van der Waals surface area (Å²) in [5.41, 5.74) is 0. The highest BCUT2D eigenvalue weighted by atomic mass is 31.2. The van der Waals surface area contributed by atoms with Crippen molar-refractivity contribution < 1.29 is 32.9 Å². The molecule has 9 heteroatoms. The van der Waals surface area contributed by atoms with Crippen molar-refractivity contribution >= 4 is 13.7 Å². The number of quaternary nitrogens is 1. The molecule has 0 saturated carbocycles. The Morgan fingerprint density at radius 1 is 0.660 bits per heavy atom.